The van der Waals surface area contributed by atoms with E-state index >= 15 is 0 Å². The Kier molecular flexibility index (Phi) is 8.47. The van der Waals surface area contributed by atoms with E-state index < -0.39 is 10.0 Å². The number of rotatable bonds is 11. The molecule has 0 aliphatic rings. The first kappa shape index (κ1) is 27.6. The molecule has 12 heteroatoms. The molecule has 0 saturated heterocycles. The van der Waals surface area contributed by atoms with Crippen LogP contribution in [0.1, 0.15) is 13.8 Å². The van der Waals surface area contributed by atoms with Gasteiger partial charge in [0.05, 0.1) is 36.7 Å². The fourth-order valence-electron chi connectivity index (χ4n) is 3.60. The standard InChI is InChI=1S/C27H30N6O5S/c1-17(2)28-16-25(34)29-18-8-7-9-22(14-18)39(35,36)33-27-26(31-23-10-5-6-11-24(23)32-27)30-19-12-20(37-3)15-21(13-19)38-4/h5-15,17,28H,16H2,1-4H3,(H,29,34)(H,30,31)(H,32,33). The van der Waals surface area contributed by atoms with Crippen LogP contribution in [0, 0.1) is 0 Å². The molecule has 3 aromatic carbocycles. The number of amides is 1. The average Bonchev–Trinajstić information content (AvgIpc) is 2.92. The summed E-state index contributed by atoms with van der Waals surface area (Å²) in [6.45, 7) is 3.95. The second-order valence-corrected chi connectivity index (χ2v) is 10.5. The molecule has 204 valence electrons. The highest BCUT2D eigenvalue weighted by molar-refractivity contribution is 7.92. The molecule has 0 atom stereocenters. The van der Waals surface area contributed by atoms with E-state index in [1.165, 1.54) is 26.4 Å². The zero-order chi connectivity index (χ0) is 28.0. The number of para-hydroxylation sites is 2. The van der Waals surface area contributed by atoms with E-state index in [1.807, 2.05) is 19.9 Å². The van der Waals surface area contributed by atoms with Crippen molar-refractivity contribution < 1.29 is 22.7 Å². The summed E-state index contributed by atoms with van der Waals surface area (Å²) in [5, 5.41) is 8.85. The van der Waals surface area contributed by atoms with E-state index in [0.717, 1.165) is 0 Å². The molecule has 0 aliphatic carbocycles. The predicted octanol–water partition coefficient (Wildman–Crippen LogP) is 4.13. The summed E-state index contributed by atoms with van der Waals surface area (Å²) in [7, 11) is -1.05. The van der Waals surface area contributed by atoms with Gasteiger partial charge in [-0.3, -0.25) is 9.52 Å². The van der Waals surface area contributed by atoms with Gasteiger partial charge in [-0.25, -0.2) is 18.4 Å². The lowest BCUT2D eigenvalue weighted by molar-refractivity contribution is -0.115. The number of ether oxygens (including phenoxy) is 2. The summed E-state index contributed by atoms with van der Waals surface area (Å²) in [4.78, 5) is 21.3. The van der Waals surface area contributed by atoms with Gasteiger partial charge >= 0.3 is 0 Å². The number of hydrogen-bond acceptors (Lipinski definition) is 9. The van der Waals surface area contributed by atoms with Crippen molar-refractivity contribution in [3.8, 4) is 11.5 Å². The summed E-state index contributed by atoms with van der Waals surface area (Å²) in [5.74, 6) is 0.958. The third-order valence-electron chi connectivity index (χ3n) is 5.51. The second-order valence-electron chi connectivity index (χ2n) is 8.85. The number of carbonyl (C=O) groups is 1. The van der Waals surface area contributed by atoms with Crippen LogP contribution in [0.3, 0.4) is 0 Å². The van der Waals surface area contributed by atoms with Crippen molar-refractivity contribution >= 4 is 50.0 Å². The van der Waals surface area contributed by atoms with Crippen molar-refractivity contribution in [1.29, 1.82) is 0 Å². The Labute approximate surface area is 227 Å². The van der Waals surface area contributed by atoms with Gasteiger partial charge in [-0.2, -0.15) is 0 Å². The molecule has 0 unspecified atom stereocenters. The van der Waals surface area contributed by atoms with Gasteiger partial charge in [0.25, 0.3) is 10.0 Å². The maximum absolute atomic E-state index is 13.4. The van der Waals surface area contributed by atoms with Crippen molar-refractivity contribution in [3.05, 3.63) is 66.7 Å². The number of fused-ring (bicyclic) bond motifs is 1. The molecule has 39 heavy (non-hydrogen) atoms. The van der Waals surface area contributed by atoms with Gasteiger partial charge < -0.3 is 25.4 Å². The van der Waals surface area contributed by atoms with Crippen molar-refractivity contribution in [3.63, 3.8) is 0 Å². The second kappa shape index (κ2) is 12.0. The molecule has 1 heterocycles. The number of aromatic nitrogens is 2. The fourth-order valence-corrected chi connectivity index (χ4v) is 4.66. The van der Waals surface area contributed by atoms with Gasteiger partial charge in [-0.15, -0.1) is 0 Å². The fraction of sp³-hybridized carbons (Fsp3) is 0.222. The van der Waals surface area contributed by atoms with Crippen LogP contribution in [0.25, 0.3) is 11.0 Å². The maximum atomic E-state index is 13.4. The zero-order valence-electron chi connectivity index (χ0n) is 22.0. The molecular formula is C27H30N6O5S. The number of nitrogens with one attached hydrogen (secondary N) is 4. The van der Waals surface area contributed by atoms with E-state index in [1.54, 1.807) is 48.5 Å². The highest BCUT2D eigenvalue weighted by Gasteiger charge is 2.20. The number of benzene rings is 3. The Morgan fingerprint density at radius 2 is 1.49 bits per heavy atom. The number of sulfonamides is 1. The van der Waals surface area contributed by atoms with Gasteiger partial charge in [-0.1, -0.05) is 32.0 Å². The van der Waals surface area contributed by atoms with Crippen LogP contribution in [0.15, 0.2) is 71.6 Å². The molecule has 0 saturated carbocycles. The number of anilines is 4. The summed E-state index contributed by atoms with van der Waals surface area (Å²) < 4.78 is 40.1. The average molecular weight is 551 g/mol. The molecule has 4 N–H and O–H groups in total. The van der Waals surface area contributed by atoms with Crippen LogP contribution in [0.2, 0.25) is 0 Å². The van der Waals surface area contributed by atoms with Crippen molar-refractivity contribution in [1.82, 2.24) is 15.3 Å². The van der Waals surface area contributed by atoms with Crippen LogP contribution in [0.5, 0.6) is 11.5 Å². The Morgan fingerprint density at radius 3 is 2.10 bits per heavy atom. The summed E-state index contributed by atoms with van der Waals surface area (Å²) in [5.41, 5.74) is 1.97. The predicted molar refractivity (Wildman–Crippen MR) is 151 cm³/mol. The Morgan fingerprint density at radius 1 is 0.846 bits per heavy atom. The van der Waals surface area contributed by atoms with E-state index in [4.69, 9.17) is 9.47 Å². The van der Waals surface area contributed by atoms with Crippen LogP contribution < -0.4 is 30.1 Å². The lowest BCUT2D eigenvalue weighted by Gasteiger charge is -2.15. The van der Waals surface area contributed by atoms with Crippen LogP contribution in [0.4, 0.5) is 23.0 Å². The minimum atomic E-state index is -4.12. The number of hydrogen-bond donors (Lipinski definition) is 4. The summed E-state index contributed by atoms with van der Waals surface area (Å²) in [6.07, 6.45) is 0. The third kappa shape index (κ3) is 7.12. The van der Waals surface area contributed by atoms with Crippen LogP contribution in [-0.2, 0) is 14.8 Å². The first-order valence-corrected chi connectivity index (χ1v) is 13.6. The van der Waals surface area contributed by atoms with Gasteiger partial charge in [0.1, 0.15) is 11.5 Å². The molecule has 11 nitrogen and oxygen atoms in total. The van der Waals surface area contributed by atoms with E-state index in [0.29, 0.717) is 33.9 Å². The Hall–Kier alpha value is -4.42. The molecule has 0 aliphatic heterocycles. The van der Waals surface area contributed by atoms with Crippen molar-refractivity contribution in [2.24, 2.45) is 0 Å². The highest BCUT2D eigenvalue weighted by Crippen LogP contribution is 2.31. The SMILES string of the molecule is COc1cc(Nc2nc3ccccc3nc2NS(=O)(=O)c2cccc(NC(=O)CNC(C)C)c2)cc(OC)c1. The first-order chi connectivity index (χ1) is 18.7. The summed E-state index contributed by atoms with van der Waals surface area (Å²) >= 11 is 0. The van der Waals surface area contributed by atoms with Gasteiger partial charge in [-0.05, 0) is 30.3 Å². The maximum Gasteiger partial charge on any atom is 0.263 e. The quantitative estimate of drug-likeness (QED) is 0.217. The largest absolute Gasteiger partial charge is 0.497 e. The minimum Gasteiger partial charge on any atom is -0.497 e. The topological polar surface area (TPSA) is 144 Å². The first-order valence-electron chi connectivity index (χ1n) is 12.1. The monoisotopic (exact) mass is 550 g/mol. The molecule has 1 aromatic heterocycles. The molecule has 1 amide bonds. The Balaban J connectivity index is 1.66. The van der Waals surface area contributed by atoms with E-state index in [2.05, 4.69) is 30.6 Å². The molecule has 0 bridgehead atoms. The number of carbonyl (C=O) groups excluding carboxylic acids is 1. The Bertz CT molecular complexity index is 1570. The molecule has 4 aromatic rings. The van der Waals surface area contributed by atoms with Gasteiger partial charge in [0.15, 0.2) is 11.6 Å². The zero-order valence-corrected chi connectivity index (χ0v) is 22.8. The third-order valence-corrected chi connectivity index (χ3v) is 6.85. The number of nitrogens with zero attached hydrogens (tertiary/aromatic N) is 2. The van der Waals surface area contributed by atoms with Crippen molar-refractivity contribution in [2.45, 2.75) is 24.8 Å². The lowest BCUT2D eigenvalue weighted by Crippen LogP contribution is -2.32. The normalized spacial score (nSPS) is 11.3. The molecule has 4 rings (SSSR count). The smallest absolute Gasteiger partial charge is 0.263 e. The summed E-state index contributed by atoms with van der Waals surface area (Å²) in [6, 6.07) is 18.4. The minimum absolute atomic E-state index is 0.00828. The van der Waals surface area contributed by atoms with Crippen LogP contribution in [-0.4, -0.2) is 51.1 Å². The molecular weight excluding hydrogens is 520 g/mol. The number of methoxy groups -OCH3 is 2. The van der Waals surface area contributed by atoms with E-state index in [9.17, 15) is 13.2 Å². The lowest BCUT2D eigenvalue weighted by atomic mass is 10.2. The van der Waals surface area contributed by atoms with Crippen molar-refractivity contribution in [2.75, 3.05) is 36.1 Å². The highest BCUT2D eigenvalue weighted by atomic mass is 32.2. The molecule has 0 spiro atoms. The molecule has 0 fully saturated rings. The van der Waals surface area contributed by atoms with E-state index in [-0.39, 0.29) is 35.0 Å². The van der Waals surface area contributed by atoms with Gasteiger partial charge in [0, 0.05) is 35.6 Å². The molecule has 0 radical (unpaired) electrons. The van der Waals surface area contributed by atoms with Gasteiger partial charge in [0.2, 0.25) is 5.91 Å². The van der Waals surface area contributed by atoms with Crippen LogP contribution >= 0.6 is 0 Å².